The van der Waals surface area contributed by atoms with Crippen LogP contribution in [0.4, 0.5) is 5.69 Å². The number of hydrogen-bond donors (Lipinski definition) is 2. The molecule has 1 atom stereocenters. The highest BCUT2D eigenvalue weighted by molar-refractivity contribution is 5.94. The van der Waals surface area contributed by atoms with E-state index in [4.69, 9.17) is 9.47 Å². The van der Waals surface area contributed by atoms with Crippen LogP contribution in [0.5, 0.6) is 11.5 Å². The van der Waals surface area contributed by atoms with E-state index in [1.54, 1.807) is 31.2 Å². The zero-order chi connectivity index (χ0) is 18.9. The number of likely N-dealkylation sites (N-methyl/N-ethyl adjacent to an activating group) is 1. The Kier molecular flexibility index (Phi) is 7.02. The third kappa shape index (κ3) is 6.12. The van der Waals surface area contributed by atoms with Crippen LogP contribution in [0, 0.1) is 6.92 Å². The molecule has 2 N–H and O–H groups in total. The van der Waals surface area contributed by atoms with Crippen molar-refractivity contribution in [2.24, 2.45) is 0 Å². The van der Waals surface area contributed by atoms with Gasteiger partial charge >= 0.3 is 0 Å². The van der Waals surface area contributed by atoms with Gasteiger partial charge in [-0.05, 0) is 62.7 Å². The zero-order valence-corrected chi connectivity index (χ0v) is 15.2. The highest BCUT2D eigenvalue weighted by Crippen LogP contribution is 2.17. The first kappa shape index (κ1) is 19.3. The van der Waals surface area contributed by atoms with Gasteiger partial charge in [-0.3, -0.25) is 9.59 Å². The average molecular weight is 356 g/mol. The van der Waals surface area contributed by atoms with Gasteiger partial charge in [0.15, 0.2) is 12.7 Å². The van der Waals surface area contributed by atoms with E-state index in [2.05, 4.69) is 10.6 Å². The van der Waals surface area contributed by atoms with Crippen molar-refractivity contribution >= 4 is 17.5 Å². The summed E-state index contributed by atoms with van der Waals surface area (Å²) in [6.07, 6.45) is -0.634. The van der Waals surface area contributed by atoms with Gasteiger partial charge in [-0.15, -0.1) is 0 Å². The van der Waals surface area contributed by atoms with Gasteiger partial charge in [0.25, 0.3) is 11.8 Å². The predicted octanol–water partition coefficient (Wildman–Crippen LogP) is 2.92. The second-order valence-corrected chi connectivity index (χ2v) is 5.83. The molecular formula is C20H24N2O4. The lowest BCUT2D eigenvalue weighted by Crippen LogP contribution is -2.30. The van der Waals surface area contributed by atoms with Crippen LogP contribution in [-0.4, -0.2) is 31.1 Å². The van der Waals surface area contributed by atoms with Gasteiger partial charge in [-0.1, -0.05) is 12.1 Å². The Morgan fingerprint density at radius 2 is 1.81 bits per heavy atom. The number of rotatable bonds is 8. The second kappa shape index (κ2) is 9.46. The molecule has 2 amide bonds. The molecule has 0 aliphatic carbocycles. The van der Waals surface area contributed by atoms with E-state index in [-0.39, 0.29) is 18.4 Å². The van der Waals surface area contributed by atoms with Gasteiger partial charge in [-0.2, -0.15) is 0 Å². The number of amides is 2. The van der Waals surface area contributed by atoms with E-state index in [0.29, 0.717) is 23.7 Å². The summed E-state index contributed by atoms with van der Waals surface area (Å²) in [4.78, 5) is 23.6. The molecule has 2 rings (SSSR count). The van der Waals surface area contributed by atoms with Crippen LogP contribution < -0.4 is 20.1 Å². The molecule has 0 radical (unpaired) electrons. The largest absolute Gasteiger partial charge is 0.484 e. The molecule has 0 fully saturated rings. The van der Waals surface area contributed by atoms with Crippen molar-refractivity contribution in [2.75, 3.05) is 18.5 Å². The summed E-state index contributed by atoms with van der Waals surface area (Å²) in [5.41, 5.74) is 1.69. The number of ether oxygens (including phenoxy) is 2. The summed E-state index contributed by atoms with van der Waals surface area (Å²) >= 11 is 0. The molecule has 0 saturated heterocycles. The number of aryl methyl sites for hydroxylation is 1. The summed E-state index contributed by atoms with van der Waals surface area (Å²) in [6, 6.07) is 14.4. The van der Waals surface area contributed by atoms with E-state index in [1.807, 2.05) is 38.1 Å². The van der Waals surface area contributed by atoms with Crippen molar-refractivity contribution in [1.82, 2.24) is 5.32 Å². The average Bonchev–Trinajstić information content (AvgIpc) is 2.61. The molecule has 0 saturated carbocycles. The molecule has 0 aromatic heterocycles. The molecular weight excluding hydrogens is 332 g/mol. The minimum Gasteiger partial charge on any atom is -0.484 e. The third-order valence-corrected chi connectivity index (χ3v) is 3.54. The van der Waals surface area contributed by atoms with E-state index in [1.165, 1.54) is 0 Å². The number of nitrogens with one attached hydrogen (secondary N) is 2. The minimum atomic E-state index is -0.634. The van der Waals surface area contributed by atoms with Gasteiger partial charge in [0.05, 0.1) is 0 Å². The molecule has 6 nitrogen and oxygen atoms in total. The first-order chi connectivity index (χ1) is 12.5. The predicted molar refractivity (Wildman–Crippen MR) is 101 cm³/mol. The lowest BCUT2D eigenvalue weighted by molar-refractivity contribution is -0.123. The highest BCUT2D eigenvalue weighted by Gasteiger charge is 2.15. The SMILES string of the molecule is CCNC(=O)COc1ccc(NC(=O)C(C)Oc2cccc(C)c2)cc1. The maximum absolute atomic E-state index is 12.3. The fraction of sp³-hybridized carbons (Fsp3) is 0.300. The smallest absolute Gasteiger partial charge is 0.265 e. The molecule has 0 spiro atoms. The van der Waals surface area contributed by atoms with Crippen molar-refractivity contribution in [3.05, 3.63) is 54.1 Å². The van der Waals surface area contributed by atoms with Gasteiger partial charge in [0.1, 0.15) is 11.5 Å². The Bertz CT molecular complexity index is 744. The maximum Gasteiger partial charge on any atom is 0.265 e. The lowest BCUT2D eigenvalue weighted by atomic mass is 10.2. The molecule has 6 heteroatoms. The number of benzene rings is 2. The van der Waals surface area contributed by atoms with E-state index in [0.717, 1.165) is 5.56 Å². The molecule has 1 unspecified atom stereocenters. The number of carbonyl (C=O) groups excluding carboxylic acids is 2. The van der Waals surface area contributed by atoms with E-state index < -0.39 is 6.10 Å². The van der Waals surface area contributed by atoms with E-state index in [9.17, 15) is 9.59 Å². The molecule has 26 heavy (non-hydrogen) atoms. The molecule has 0 aliphatic rings. The standard InChI is InChI=1S/C20H24N2O4/c1-4-21-19(23)13-25-17-10-8-16(9-11-17)22-20(24)15(3)26-18-7-5-6-14(2)12-18/h5-12,15H,4,13H2,1-3H3,(H,21,23)(H,22,24). The number of hydrogen-bond acceptors (Lipinski definition) is 4. The fourth-order valence-electron chi connectivity index (χ4n) is 2.22. The van der Waals surface area contributed by atoms with Crippen molar-refractivity contribution in [1.29, 1.82) is 0 Å². The van der Waals surface area contributed by atoms with Crippen LogP contribution >= 0.6 is 0 Å². The normalized spacial score (nSPS) is 11.3. The minimum absolute atomic E-state index is 0.0408. The first-order valence-electron chi connectivity index (χ1n) is 8.51. The van der Waals surface area contributed by atoms with Gasteiger partial charge in [-0.25, -0.2) is 0 Å². The summed E-state index contributed by atoms with van der Waals surface area (Å²) in [5, 5.41) is 5.44. The Balaban J connectivity index is 1.85. The van der Waals surface area contributed by atoms with Gasteiger partial charge in [0.2, 0.25) is 0 Å². The van der Waals surface area contributed by atoms with Crippen molar-refractivity contribution < 1.29 is 19.1 Å². The highest BCUT2D eigenvalue weighted by atomic mass is 16.5. The van der Waals surface area contributed by atoms with Gasteiger partial charge in [0, 0.05) is 12.2 Å². The summed E-state index contributed by atoms with van der Waals surface area (Å²) in [6.45, 7) is 6.03. The monoisotopic (exact) mass is 356 g/mol. The lowest BCUT2D eigenvalue weighted by Gasteiger charge is -2.15. The Labute approximate surface area is 153 Å². The Morgan fingerprint density at radius 1 is 1.08 bits per heavy atom. The molecule has 0 bridgehead atoms. The van der Waals surface area contributed by atoms with Crippen LogP contribution in [0.2, 0.25) is 0 Å². The molecule has 138 valence electrons. The zero-order valence-electron chi connectivity index (χ0n) is 15.2. The van der Waals surface area contributed by atoms with Crippen molar-refractivity contribution in [3.8, 4) is 11.5 Å². The van der Waals surface area contributed by atoms with Crippen molar-refractivity contribution in [2.45, 2.75) is 26.9 Å². The summed E-state index contributed by atoms with van der Waals surface area (Å²) < 4.78 is 11.0. The summed E-state index contributed by atoms with van der Waals surface area (Å²) in [7, 11) is 0. The topological polar surface area (TPSA) is 76.7 Å². The van der Waals surface area contributed by atoms with Crippen LogP contribution in [0.1, 0.15) is 19.4 Å². The van der Waals surface area contributed by atoms with Crippen LogP contribution in [0.25, 0.3) is 0 Å². The quantitative estimate of drug-likeness (QED) is 0.762. The maximum atomic E-state index is 12.3. The second-order valence-electron chi connectivity index (χ2n) is 5.83. The molecule has 2 aromatic rings. The van der Waals surface area contributed by atoms with Crippen LogP contribution in [-0.2, 0) is 9.59 Å². The van der Waals surface area contributed by atoms with Gasteiger partial charge < -0.3 is 20.1 Å². The Hall–Kier alpha value is -3.02. The van der Waals surface area contributed by atoms with Crippen LogP contribution in [0.3, 0.4) is 0 Å². The van der Waals surface area contributed by atoms with Crippen LogP contribution in [0.15, 0.2) is 48.5 Å². The number of anilines is 1. The number of carbonyl (C=O) groups is 2. The fourth-order valence-corrected chi connectivity index (χ4v) is 2.22. The summed E-state index contributed by atoms with van der Waals surface area (Å²) in [5.74, 6) is 0.787. The molecule has 2 aromatic carbocycles. The van der Waals surface area contributed by atoms with E-state index >= 15 is 0 Å². The molecule has 0 aliphatic heterocycles. The third-order valence-electron chi connectivity index (χ3n) is 3.54. The first-order valence-corrected chi connectivity index (χ1v) is 8.51. The molecule has 0 heterocycles. The Morgan fingerprint density at radius 3 is 2.46 bits per heavy atom. The van der Waals surface area contributed by atoms with Crippen molar-refractivity contribution in [3.63, 3.8) is 0 Å².